The van der Waals surface area contributed by atoms with Crippen LogP contribution in [0.3, 0.4) is 0 Å². The van der Waals surface area contributed by atoms with Crippen LogP contribution in [-0.4, -0.2) is 21.9 Å². The number of H-pyrrole nitrogens is 1. The van der Waals surface area contributed by atoms with Crippen molar-refractivity contribution >= 4 is 22.6 Å². The van der Waals surface area contributed by atoms with Crippen molar-refractivity contribution in [3.63, 3.8) is 0 Å². The number of aromatic amines is 1. The number of imidazole rings is 1. The fourth-order valence-corrected chi connectivity index (χ4v) is 4.33. The van der Waals surface area contributed by atoms with Crippen molar-refractivity contribution in [3.05, 3.63) is 95.3 Å². The van der Waals surface area contributed by atoms with Gasteiger partial charge >= 0.3 is 0 Å². The lowest BCUT2D eigenvalue weighted by Gasteiger charge is -2.11. The molecule has 2 atom stereocenters. The Morgan fingerprint density at radius 3 is 2.58 bits per heavy atom. The van der Waals surface area contributed by atoms with Crippen molar-refractivity contribution in [2.45, 2.75) is 44.7 Å². The van der Waals surface area contributed by atoms with E-state index in [1.165, 1.54) is 16.7 Å². The summed E-state index contributed by atoms with van der Waals surface area (Å²) in [5.41, 5.74) is 12.8. The van der Waals surface area contributed by atoms with E-state index in [1.54, 1.807) is 0 Å². The molecular formula is C27H29N5O. The van der Waals surface area contributed by atoms with Crippen molar-refractivity contribution in [1.29, 1.82) is 0 Å². The van der Waals surface area contributed by atoms with E-state index in [1.807, 2.05) is 24.3 Å². The van der Waals surface area contributed by atoms with E-state index in [9.17, 15) is 4.79 Å². The molecule has 0 radical (unpaired) electrons. The van der Waals surface area contributed by atoms with Gasteiger partial charge in [0.2, 0.25) is 5.91 Å². The molecule has 0 spiro atoms. The normalized spacial score (nSPS) is 18.0. The van der Waals surface area contributed by atoms with Crippen molar-refractivity contribution in [2.75, 3.05) is 5.32 Å². The predicted octanol–water partition coefficient (Wildman–Crippen LogP) is 4.46. The van der Waals surface area contributed by atoms with Gasteiger partial charge < -0.3 is 10.3 Å². The maximum absolute atomic E-state index is 12.9. The van der Waals surface area contributed by atoms with Crippen LogP contribution in [-0.2, 0) is 24.1 Å². The number of amides is 1. The summed E-state index contributed by atoms with van der Waals surface area (Å²) in [4.78, 5) is 20.9. The van der Waals surface area contributed by atoms with Gasteiger partial charge in [0.15, 0.2) is 0 Å². The number of nitrogens with zero attached hydrogens (tertiary/aromatic N) is 1. The second-order valence-corrected chi connectivity index (χ2v) is 8.61. The number of hydrogen-bond acceptors (Lipinski definition) is 4. The zero-order valence-electron chi connectivity index (χ0n) is 18.8. The number of aryl methyl sites for hydroxylation is 3. The first-order chi connectivity index (χ1) is 16.2. The fourth-order valence-electron chi connectivity index (χ4n) is 4.33. The minimum Gasteiger partial charge on any atom is -0.342 e. The number of carbonyl (C=O) groups is 1. The average molecular weight is 440 g/mol. The molecule has 1 aliphatic rings. The molecule has 1 fully saturated rings. The standard InChI is InChI=1S/C27H29N5O/c1-2-18-8-11-20(12-9-18)23-17-25(32-31-23)27(33)28-21-13-14-22-24(16-21)30-26(29-22)15-10-19-6-4-3-5-7-19/h3-9,11-14,16,23,25,31-32H,2,10,15,17H2,1H3,(H,28,33)(H,29,30). The number of hydrazine groups is 1. The van der Waals surface area contributed by atoms with Gasteiger partial charge in [0, 0.05) is 18.2 Å². The fraction of sp³-hybridized carbons (Fsp3) is 0.259. The molecule has 1 aliphatic heterocycles. The molecular weight excluding hydrogens is 410 g/mol. The lowest BCUT2D eigenvalue weighted by molar-refractivity contribution is -0.117. The third-order valence-corrected chi connectivity index (χ3v) is 6.30. The first-order valence-electron chi connectivity index (χ1n) is 11.6. The second kappa shape index (κ2) is 9.57. The van der Waals surface area contributed by atoms with Crippen LogP contribution in [0.15, 0.2) is 72.8 Å². The average Bonchev–Trinajstić information content (AvgIpc) is 3.51. The second-order valence-electron chi connectivity index (χ2n) is 8.61. The summed E-state index contributed by atoms with van der Waals surface area (Å²) in [5, 5.41) is 3.04. The lowest BCUT2D eigenvalue weighted by atomic mass is 10.00. The van der Waals surface area contributed by atoms with Crippen LogP contribution in [0, 0.1) is 0 Å². The van der Waals surface area contributed by atoms with Gasteiger partial charge in [-0.05, 0) is 54.2 Å². The molecule has 1 amide bonds. The monoisotopic (exact) mass is 439 g/mol. The third kappa shape index (κ3) is 4.97. The van der Waals surface area contributed by atoms with Crippen LogP contribution < -0.4 is 16.2 Å². The topological polar surface area (TPSA) is 81.8 Å². The molecule has 0 bridgehead atoms. The number of fused-ring (bicyclic) bond motifs is 1. The lowest BCUT2D eigenvalue weighted by Crippen LogP contribution is -2.39. The van der Waals surface area contributed by atoms with Crippen LogP contribution >= 0.6 is 0 Å². The van der Waals surface area contributed by atoms with E-state index in [0.717, 1.165) is 41.8 Å². The molecule has 168 valence electrons. The molecule has 0 aliphatic carbocycles. The summed E-state index contributed by atoms with van der Waals surface area (Å²) in [7, 11) is 0. The Bertz CT molecular complexity index is 1230. The van der Waals surface area contributed by atoms with E-state index in [0.29, 0.717) is 6.42 Å². The van der Waals surface area contributed by atoms with E-state index < -0.39 is 0 Å². The molecule has 1 saturated heterocycles. The highest BCUT2D eigenvalue weighted by atomic mass is 16.2. The summed E-state index contributed by atoms with van der Waals surface area (Å²) in [6.07, 6.45) is 3.51. The van der Waals surface area contributed by atoms with Gasteiger partial charge in [-0.15, -0.1) is 0 Å². The summed E-state index contributed by atoms with van der Waals surface area (Å²) in [6, 6.07) is 24.6. The Morgan fingerprint density at radius 1 is 0.970 bits per heavy atom. The van der Waals surface area contributed by atoms with E-state index in [-0.39, 0.29) is 18.0 Å². The number of aromatic nitrogens is 2. The molecule has 1 aromatic heterocycles. The van der Waals surface area contributed by atoms with Crippen molar-refractivity contribution < 1.29 is 4.79 Å². The van der Waals surface area contributed by atoms with Crippen LogP contribution in [0.4, 0.5) is 5.69 Å². The van der Waals surface area contributed by atoms with Crippen molar-refractivity contribution in [1.82, 2.24) is 20.8 Å². The molecule has 2 unspecified atom stereocenters. The summed E-state index contributed by atoms with van der Waals surface area (Å²) in [5.74, 6) is 0.911. The molecule has 0 saturated carbocycles. The van der Waals surface area contributed by atoms with Crippen molar-refractivity contribution in [3.8, 4) is 0 Å². The Hall–Kier alpha value is -3.48. The van der Waals surface area contributed by atoms with Crippen molar-refractivity contribution in [2.24, 2.45) is 0 Å². The van der Waals surface area contributed by atoms with E-state index >= 15 is 0 Å². The van der Waals surface area contributed by atoms with Crippen LogP contribution in [0.1, 0.15) is 41.9 Å². The zero-order chi connectivity index (χ0) is 22.6. The van der Waals surface area contributed by atoms with Gasteiger partial charge in [0.05, 0.1) is 11.0 Å². The van der Waals surface area contributed by atoms with E-state index in [2.05, 4.69) is 76.6 Å². The maximum Gasteiger partial charge on any atom is 0.242 e. The number of rotatable bonds is 7. The number of benzene rings is 3. The van der Waals surface area contributed by atoms with Gasteiger partial charge in [-0.1, -0.05) is 61.5 Å². The number of carbonyl (C=O) groups excluding carboxylic acids is 1. The Morgan fingerprint density at radius 2 is 1.79 bits per heavy atom. The number of hydrogen-bond donors (Lipinski definition) is 4. The first-order valence-corrected chi connectivity index (χ1v) is 11.6. The SMILES string of the molecule is CCc1ccc(C2CC(C(=O)Nc3ccc4nc(CCc5ccccc5)[nH]c4c3)NN2)cc1. The highest BCUT2D eigenvalue weighted by Crippen LogP contribution is 2.24. The van der Waals surface area contributed by atoms with Crippen LogP contribution in [0.2, 0.25) is 0 Å². The van der Waals surface area contributed by atoms with Gasteiger partial charge in [0.25, 0.3) is 0 Å². The highest BCUT2D eigenvalue weighted by Gasteiger charge is 2.30. The van der Waals surface area contributed by atoms with Gasteiger partial charge in [-0.25, -0.2) is 15.8 Å². The highest BCUT2D eigenvalue weighted by molar-refractivity contribution is 5.96. The molecule has 5 rings (SSSR count). The summed E-state index contributed by atoms with van der Waals surface area (Å²) < 4.78 is 0. The van der Waals surface area contributed by atoms with E-state index in [4.69, 9.17) is 4.98 Å². The third-order valence-electron chi connectivity index (χ3n) is 6.30. The number of anilines is 1. The Labute approximate surface area is 193 Å². The summed E-state index contributed by atoms with van der Waals surface area (Å²) >= 11 is 0. The van der Waals surface area contributed by atoms with Crippen LogP contribution in [0.25, 0.3) is 11.0 Å². The van der Waals surface area contributed by atoms with Crippen LogP contribution in [0.5, 0.6) is 0 Å². The minimum absolute atomic E-state index is 0.0432. The molecule has 6 nitrogen and oxygen atoms in total. The first kappa shape index (κ1) is 21.4. The largest absolute Gasteiger partial charge is 0.342 e. The Balaban J connectivity index is 1.20. The zero-order valence-corrected chi connectivity index (χ0v) is 18.8. The maximum atomic E-state index is 12.9. The molecule has 33 heavy (non-hydrogen) atoms. The van der Waals surface area contributed by atoms with Gasteiger partial charge in [0.1, 0.15) is 11.9 Å². The molecule has 3 aromatic carbocycles. The molecule has 6 heteroatoms. The molecule has 2 heterocycles. The van der Waals surface area contributed by atoms with Gasteiger partial charge in [-0.3, -0.25) is 4.79 Å². The van der Waals surface area contributed by atoms with Gasteiger partial charge in [-0.2, -0.15) is 0 Å². The smallest absolute Gasteiger partial charge is 0.242 e. The quantitative estimate of drug-likeness (QED) is 0.343. The predicted molar refractivity (Wildman–Crippen MR) is 132 cm³/mol. The molecule has 4 aromatic rings. The number of nitrogens with one attached hydrogen (secondary N) is 4. The molecule has 4 N–H and O–H groups in total. The summed E-state index contributed by atoms with van der Waals surface area (Å²) in [6.45, 7) is 2.15. The minimum atomic E-state index is -0.292. The Kier molecular flexibility index (Phi) is 6.19.